The van der Waals surface area contributed by atoms with Crippen LogP contribution in [0.5, 0.6) is 0 Å². The summed E-state index contributed by atoms with van der Waals surface area (Å²) >= 11 is 0. The van der Waals surface area contributed by atoms with Gasteiger partial charge < -0.3 is 5.32 Å². The third kappa shape index (κ3) is 3.91. The van der Waals surface area contributed by atoms with Crippen molar-refractivity contribution in [3.63, 3.8) is 0 Å². The van der Waals surface area contributed by atoms with Crippen molar-refractivity contribution in [3.05, 3.63) is 54.6 Å². The summed E-state index contributed by atoms with van der Waals surface area (Å²) in [4.78, 5) is 11.0. The maximum Gasteiger partial charge on any atom is 0.221 e. The van der Waals surface area contributed by atoms with Gasteiger partial charge in [0.05, 0.1) is 0 Å². The van der Waals surface area contributed by atoms with Crippen molar-refractivity contribution in [2.75, 3.05) is 5.32 Å². The zero-order valence-electron chi connectivity index (χ0n) is 10.5. The van der Waals surface area contributed by atoms with E-state index in [1.807, 2.05) is 37.3 Å². The highest BCUT2D eigenvalue weighted by Gasteiger charge is 2.11. The molecule has 1 atom stereocenters. The van der Waals surface area contributed by atoms with Crippen molar-refractivity contribution in [2.45, 2.75) is 26.2 Å². The fourth-order valence-electron chi connectivity index (χ4n) is 1.82. The van der Waals surface area contributed by atoms with Crippen LogP contribution in [0.25, 0.3) is 0 Å². The maximum absolute atomic E-state index is 11.0. The number of allylic oxidation sites excluding steroid dienone is 2. The molecule has 0 fully saturated rings. The van der Waals surface area contributed by atoms with Gasteiger partial charge in [0.25, 0.3) is 0 Å². The summed E-state index contributed by atoms with van der Waals surface area (Å²) in [5.41, 5.74) is 3.08. The minimum Gasteiger partial charge on any atom is -0.326 e. The van der Waals surface area contributed by atoms with E-state index in [1.54, 1.807) is 0 Å². The van der Waals surface area contributed by atoms with E-state index in [1.165, 1.54) is 6.92 Å². The third-order valence-corrected chi connectivity index (χ3v) is 2.61. The van der Waals surface area contributed by atoms with Crippen molar-refractivity contribution in [2.24, 2.45) is 0 Å². The molecule has 0 spiro atoms. The highest BCUT2D eigenvalue weighted by Crippen LogP contribution is 2.28. The number of hydrogen-bond donors (Lipinski definition) is 1. The van der Waals surface area contributed by atoms with E-state index in [-0.39, 0.29) is 11.8 Å². The van der Waals surface area contributed by atoms with Crippen LogP contribution in [0.4, 0.5) is 5.69 Å². The summed E-state index contributed by atoms with van der Waals surface area (Å²) in [5, 5.41) is 2.79. The number of nitrogens with one attached hydrogen (secondary N) is 1. The van der Waals surface area contributed by atoms with Crippen LogP contribution in [0.2, 0.25) is 0 Å². The van der Waals surface area contributed by atoms with Gasteiger partial charge in [-0.1, -0.05) is 30.4 Å². The second-order valence-electron chi connectivity index (χ2n) is 4.23. The lowest BCUT2D eigenvalue weighted by Gasteiger charge is -2.16. The number of amides is 1. The Hall–Kier alpha value is -1.83. The van der Waals surface area contributed by atoms with E-state index in [0.29, 0.717) is 0 Å². The lowest BCUT2D eigenvalue weighted by molar-refractivity contribution is -0.114. The lowest BCUT2D eigenvalue weighted by atomic mass is 9.90. The van der Waals surface area contributed by atoms with E-state index in [9.17, 15) is 4.79 Å². The number of rotatable bonds is 5. The van der Waals surface area contributed by atoms with Crippen LogP contribution in [-0.4, -0.2) is 5.91 Å². The number of hydrogen-bond acceptors (Lipinski definition) is 1. The van der Waals surface area contributed by atoms with Gasteiger partial charge in [0.1, 0.15) is 0 Å². The van der Waals surface area contributed by atoms with Gasteiger partial charge in [-0.25, -0.2) is 0 Å². The first-order chi connectivity index (χ1) is 8.04. The van der Waals surface area contributed by atoms with Gasteiger partial charge in [-0.15, -0.1) is 6.58 Å². The first-order valence-electron chi connectivity index (χ1n) is 5.68. The normalized spacial score (nSPS) is 11.6. The average Bonchev–Trinajstić information content (AvgIpc) is 2.24. The van der Waals surface area contributed by atoms with Gasteiger partial charge in [-0.2, -0.15) is 0 Å². The molecule has 90 valence electrons. The molecule has 0 aliphatic heterocycles. The van der Waals surface area contributed by atoms with Crippen molar-refractivity contribution in [1.29, 1.82) is 0 Å². The molecule has 1 aromatic carbocycles. The van der Waals surface area contributed by atoms with Crippen LogP contribution >= 0.6 is 0 Å². The first-order valence-corrected chi connectivity index (χ1v) is 5.68. The first kappa shape index (κ1) is 13.2. The van der Waals surface area contributed by atoms with Crippen LogP contribution in [0.15, 0.2) is 49.1 Å². The summed E-state index contributed by atoms with van der Waals surface area (Å²) in [6.07, 6.45) is 2.75. The Morgan fingerprint density at radius 2 is 2.18 bits per heavy atom. The van der Waals surface area contributed by atoms with E-state index in [0.717, 1.165) is 23.2 Å². The van der Waals surface area contributed by atoms with E-state index in [4.69, 9.17) is 0 Å². The van der Waals surface area contributed by atoms with Gasteiger partial charge in [-0.3, -0.25) is 4.79 Å². The Morgan fingerprint density at radius 3 is 2.71 bits per heavy atom. The molecule has 2 heteroatoms. The number of carbonyl (C=O) groups is 1. The third-order valence-electron chi connectivity index (χ3n) is 2.61. The van der Waals surface area contributed by atoms with Gasteiger partial charge in [0.15, 0.2) is 0 Å². The van der Waals surface area contributed by atoms with Crippen LogP contribution in [0, 0.1) is 0 Å². The minimum absolute atomic E-state index is 0.0576. The van der Waals surface area contributed by atoms with Crippen molar-refractivity contribution >= 4 is 11.6 Å². The SMILES string of the molecule is C=CCC(C(=C)C)c1cccc(NC(C)=O)c1. The van der Waals surface area contributed by atoms with E-state index in [2.05, 4.69) is 18.5 Å². The predicted octanol–water partition coefficient (Wildman–Crippen LogP) is 3.88. The van der Waals surface area contributed by atoms with E-state index < -0.39 is 0 Å². The van der Waals surface area contributed by atoms with Crippen molar-refractivity contribution in [3.8, 4) is 0 Å². The molecule has 0 heterocycles. The van der Waals surface area contributed by atoms with Crippen LogP contribution < -0.4 is 5.32 Å². The lowest BCUT2D eigenvalue weighted by Crippen LogP contribution is -2.07. The second kappa shape index (κ2) is 6.04. The summed E-state index contributed by atoms with van der Waals surface area (Å²) in [6, 6.07) is 7.87. The molecule has 0 radical (unpaired) electrons. The molecule has 0 aliphatic carbocycles. The van der Waals surface area contributed by atoms with Gasteiger partial charge in [0.2, 0.25) is 5.91 Å². The highest BCUT2D eigenvalue weighted by atomic mass is 16.1. The number of anilines is 1. The molecule has 1 aromatic rings. The molecule has 0 saturated carbocycles. The monoisotopic (exact) mass is 229 g/mol. The van der Waals surface area contributed by atoms with Crippen LogP contribution in [-0.2, 0) is 4.79 Å². The molecular weight excluding hydrogens is 210 g/mol. The summed E-state index contributed by atoms with van der Waals surface area (Å²) in [6.45, 7) is 11.3. The molecule has 0 bridgehead atoms. The Labute approximate surface area is 103 Å². The zero-order chi connectivity index (χ0) is 12.8. The Morgan fingerprint density at radius 1 is 1.47 bits per heavy atom. The molecule has 1 N–H and O–H groups in total. The summed E-state index contributed by atoms with van der Waals surface area (Å²) in [5.74, 6) is 0.207. The highest BCUT2D eigenvalue weighted by molar-refractivity contribution is 5.88. The van der Waals surface area contributed by atoms with Crippen molar-refractivity contribution in [1.82, 2.24) is 0 Å². The molecule has 2 nitrogen and oxygen atoms in total. The molecule has 0 aliphatic rings. The molecule has 1 rings (SSSR count). The van der Waals surface area contributed by atoms with Gasteiger partial charge in [0, 0.05) is 18.5 Å². The summed E-state index contributed by atoms with van der Waals surface area (Å²) < 4.78 is 0. The predicted molar refractivity (Wildman–Crippen MR) is 73.1 cm³/mol. The summed E-state index contributed by atoms with van der Waals surface area (Å²) in [7, 11) is 0. The maximum atomic E-state index is 11.0. The Balaban J connectivity index is 2.99. The van der Waals surface area contributed by atoms with E-state index >= 15 is 0 Å². The Bertz CT molecular complexity index is 434. The fraction of sp³-hybridized carbons (Fsp3) is 0.267. The quantitative estimate of drug-likeness (QED) is 0.763. The van der Waals surface area contributed by atoms with Crippen molar-refractivity contribution < 1.29 is 4.79 Å². The number of carbonyl (C=O) groups excluding carboxylic acids is 1. The van der Waals surface area contributed by atoms with Crippen LogP contribution in [0.3, 0.4) is 0 Å². The average molecular weight is 229 g/mol. The molecule has 1 amide bonds. The number of benzene rings is 1. The standard InChI is InChI=1S/C15H19NO/c1-5-7-15(11(2)3)13-8-6-9-14(10-13)16-12(4)17/h5-6,8-10,15H,1-2,7H2,3-4H3,(H,16,17). The van der Waals surface area contributed by atoms with Gasteiger partial charge >= 0.3 is 0 Å². The Kier molecular flexibility index (Phi) is 4.70. The molecular formula is C15H19NO. The topological polar surface area (TPSA) is 29.1 Å². The fourth-order valence-corrected chi connectivity index (χ4v) is 1.82. The minimum atomic E-state index is -0.0576. The zero-order valence-corrected chi connectivity index (χ0v) is 10.5. The van der Waals surface area contributed by atoms with Gasteiger partial charge in [-0.05, 0) is 31.0 Å². The molecule has 17 heavy (non-hydrogen) atoms. The largest absolute Gasteiger partial charge is 0.326 e. The molecule has 1 unspecified atom stereocenters. The smallest absolute Gasteiger partial charge is 0.221 e. The second-order valence-corrected chi connectivity index (χ2v) is 4.23. The molecule has 0 saturated heterocycles. The molecule has 0 aromatic heterocycles. The van der Waals surface area contributed by atoms with Crippen LogP contribution in [0.1, 0.15) is 31.7 Å².